The maximum absolute atomic E-state index is 12.6. The molecule has 0 saturated carbocycles. The van der Waals surface area contributed by atoms with Crippen LogP contribution in [0.1, 0.15) is 36.0 Å². The number of Topliss-reactive ketones (excluding diaryl/α,β-unsaturated/α-hetero) is 1. The molecule has 0 spiro atoms. The fourth-order valence-electron chi connectivity index (χ4n) is 3.42. The summed E-state index contributed by atoms with van der Waals surface area (Å²) in [5.74, 6) is 0.819. The van der Waals surface area contributed by atoms with Crippen LogP contribution >= 0.6 is 11.6 Å². The molecule has 164 valence electrons. The number of ether oxygens (including phenoxy) is 1. The summed E-state index contributed by atoms with van der Waals surface area (Å²) in [7, 11) is 1.11. The van der Waals surface area contributed by atoms with Gasteiger partial charge in [-0.25, -0.2) is 4.72 Å². The highest BCUT2D eigenvalue weighted by molar-refractivity contribution is 7.87. The van der Waals surface area contributed by atoms with Crippen molar-refractivity contribution in [2.45, 2.75) is 25.7 Å². The van der Waals surface area contributed by atoms with Crippen LogP contribution in [0.25, 0.3) is 0 Å². The molecule has 0 unspecified atom stereocenters. The van der Waals surface area contributed by atoms with Gasteiger partial charge < -0.3 is 15.4 Å². The lowest BCUT2D eigenvalue weighted by atomic mass is 9.90. The van der Waals surface area contributed by atoms with E-state index in [2.05, 4.69) is 9.62 Å². The van der Waals surface area contributed by atoms with Gasteiger partial charge in [0.05, 0.1) is 18.4 Å². The van der Waals surface area contributed by atoms with E-state index < -0.39 is 10.2 Å². The van der Waals surface area contributed by atoms with Crippen LogP contribution in [0.2, 0.25) is 5.02 Å². The Morgan fingerprint density at radius 3 is 2.59 bits per heavy atom. The van der Waals surface area contributed by atoms with Gasteiger partial charge >= 0.3 is 0 Å². The number of piperidine rings is 1. The monoisotopic (exact) mass is 446 g/mol. The third kappa shape index (κ3) is 6.55. The van der Waals surface area contributed by atoms with E-state index in [9.17, 15) is 13.2 Å². The van der Waals surface area contributed by atoms with Crippen molar-refractivity contribution in [1.29, 1.82) is 0 Å². The van der Waals surface area contributed by atoms with Gasteiger partial charge in [0.15, 0.2) is 5.78 Å². The number of nitrogens with two attached hydrogens (primary N) is 1. The molecular weight excluding hydrogens is 416 g/mol. The molecule has 0 aliphatic carbocycles. The molecule has 10 heteroatoms. The Labute approximate surface area is 178 Å². The van der Waals surface area contributed by atoms with Crippen LogP contribution in [0.5, 0.6) is 5.75 Å². The first kappa shape index (κ1) is 23.9. The maximum Gasteiger partial charge on any atom is 0.278 e. The molecule has 0 amide bonds. The Morgan fingerprint density at radius 2 is 2.00 bits per heavy atom. The van der Waals surface area contributed by atoms with Gasteiger partial charge in [0.2, 0.25) is 0 Å². The highest BCUT2D eigenvalue weighted by Crippen LogP contribution is 2.35. The van der Waals surface area contributed by atoms with Crippen molar-refractivity contribution in [3.63, 3.8) is 0 Å². The van der Waals surface area contributed by atoms with E-state index in [1.165, 1.54) is 25.5 Å². The molecule has 1 fully saturated rings. The first-order chi connectivity index (χ1) is 13.7. The molecular formula is C19H31ClN4O4S. The summed E-state index contributed by atoms with van der Waals surface area (Å²) in [6.07, 6.45) is 3.23. The number of hydrogen-bond donors (Lipinski definition) is 2. The predicted molar refractivity (Wildman–Crippen MR) is 116 cm³/mol. The molecule has 1 aliphatic heterocycles. The smallest absolute Gasteiger partial charge is 0.278 e. The zero-order valence-corrected chi connectivity index (χ0v) is 18.9. The fourth-order valence-corrected chi connectivity index (χ4v) is 4.27. The van der Waals surface area contributed by atoms with E-state index in [0.29, 0.717) is 42.4 Å². The number of anilines is 1. The molecule has 0 atom stereocenters. The fraction of sp³-hybridized carbons (Fsp3) is 0.632. The van der Waals surface area contributed by atoms with Crippen molar-refractivity contribution in [3.05, 3.63) is 22.7 Å². The van der Waals surface area contributed by atoms with Crippen molar-refractivity contribution in [1.82, 2.24) is 13.9 Å². The number of nitrogen functional groups attached to an aromatic ring is 1. The van der Waals surface area contributed by atoms with Crippen LogP contribution in [-0.2, 0) is 10.2 Å². The first-order valence-electron chi connectivity index (χ1n) is 9.70. The largest absolute Gasteiger partial charge is 0.494 e. The van der Waals surface area contributed by atoms with Crippen LogP contribution in [0.15, 0.2) is 12.1 Å². The van der Waals surface area contributed by atoms with E-state index in [0.717, 1.165) is 32.4 Å². The number of likely N-dealkylation sites (tertiary alicyclic amines) is 1. The first-order valence-corrected chi connectivity index (χ1v) is 11.5. The number of nitrogens with zero attached hydrogens (tertiary/aromatic N) is 2. The molecule has 1 heterocycles. The van der Waals surface area contributed by atoms with Crippen LogP contribution < -0.4 is 15.2 Å². The predicted octanol–water partition coefficient (Wildman–Crippen LogP) is 2.00. The minimum Gasteiger partial charge on any atom is -0.494 e. The Hall–Kier alpha value is -1.39. The molecule has 1 aromatic rings. The Balaban J connectivity index is 1.76. The molecule has 0 bridgehead atoms. The van der Waals surface area contributed by atoms with Crippen molar-refractivity contribution < 1.29 is 17.9 Å². The number of hydrogen-bond acceptors (Lipinski definition) is 6. The van der Waals surface area contributed by atoms with Gasteiger partial charge in [-0.2, -0.15) is 12.7 Å². The van der Waals surface area contributed by atoms with Gasteiger partial charge in [0.25, 0.3) is 10.2 Å². The van der Waals surface area contributed by atoms with E-state index in [-0.39, 0.29) is 10.8 Å². The molecule has 1 saturated heterocycles. The SMILES string of the molecule is COc1c(C(=O)CCC2CCN(CCNS(=O)(=O)N(C)C)CC2)ccc(N)c1Cl. The normalized spacial score (nSPS) is 16.3. The summed E-state index contributed by atoms with van der Waals surface area (Å²) in [6, 6.07) is 3.29. The molecule has 3 N–H and O–H groups in total. The van der Waals surface area contributed by atoms with Crippen LogP contribution in [0.3, 0.4) is 0 Å². The van der Waals surface area contributed by atoms with Crippen LogP contribution in [0.4, 0.5) is 5.69 Å². The third-order valence-electron chi connectivity index (χ3n) is 5.31. The minimum absolute atomic E-state index is 0.00396. The molecule has 1 aliphatic rings. The summed E-state index contributed by atoms with van der Waals surface area (Å²) in [6.45, 7) is 2.88. The van der Waals surface area contributed by atoms with Gasteiger partial charge in [-0.15, -0.1) is 0 Å². The topological polar surface area (TPSA) is 105 Å². The standard InChI is InChI=1S/C19H31ClN4O4S/c1-23(2)29(26,27)22-10-13-24-11-8-14(9-12-24)4-7-17(25)15-5-6-16(21)18(20)19(15)28-3/h5-6,14,22H,4,7-13,21H2,1-3H3. The van der Waals surface area contributed by atoms with Gasteiger partial charge in [-0.1, -0.05) is 11.6 Å². The molecule has 0 aromatic heterocycles. The molecule has 29 heavy (non-hydrogen) atoms. The zero-order valence-electron chi connectivity index (χ0n) is 17.3. The zero-order chi connectivity index (χ0) is 21.6. The number of benzene rings is 1. The van der Waals surface area contributed by atoms with Crippen molar-refractivity contribution >= 4 is 33.3 Å². The molecule has 2 rings (SSSR count). The number of nitrogens with one attached hydrogen (secondary N) is 1. The Morgan fingerprint density at radius 1 is 1.34 bits per heavy atom. The second-order valence-corrected chi connectivity index (χ2v) is 9.83. The van der Waals surface area contributed by atoms with Crippen molar-refractivity contribution in [3.8, 4) is 5.75 Å². The quantitative estimate of drug-likeness (QED) is 0.420. The Kier molecular flexibility index (Phi) is 8.72. The van der Waals surface area contributed by atoms with Gasteiger partial charge in [0.1, 0.15) is 10.8 Å². The lowest BCUT2D eigenvalue weighted by molar-refractivity contribution is 0.0960. The third-order valence-corrected chi connectivity index (χ3v) is 7.23. The van der Waals surface area contributed by atoms with E-state index >= 15 is 0 Å². The molecule has 0 radical (unpaired) electrons. The number of carbonyl (C=O) groups is 1. The summed E-state index contributed by atoms with van der Waals surface area (Å²) < 4.78 is 32.4. The molecule has 8 nitrogen and oxygen atoms in total. The number of rotatable bonds is 10. The van der Waals surface area contributed by atoms with Gasteiger partial charge in [-0.3, -0.25) is 4.79 Å². The average Bonchev–Trinajstić information content (AvgIpc) is 2.68. The van der Waals surface area contributed by atoms with E-state index in [1.54, 1.807) is 12.1 Å². The Bertz CT molecular complexity index is 809. The van der Waals surface area contributed by atoms with E-state index in [1.807, 2.05) is 0 Å². The van der Waals surface area contributed by atoms with Crippen LogP contribution in [-0.4, -0.2) is 70.8 Å². The van der Waals surface area contributed by atoms with Gasteiger partial charge in [0, 0.05) is 33.6 Å². The van der Waals surface area contributed by atoms with Crippen LogP contribution in [0, 0.1) is 5.92 Å². The van der Waals surface area contributed by atoms with Gasteiger partial charge in [-0.05, 0) is 50.4 Å². The van der Waals surface area contributed by atoms with Crippen molar-refractivity contribution in [2.24, 2.45) is 5.92 Å². The second kappa shape index (κ2) is 10.6. The summed E-state index contributed by atoms with van der Waals surface area (Å²) >= 11 is 6.14. The number of halogens is 1. The maximum atomic E-state index is 12.6. The second-order valence-electron chi connectivity index (χ2n) is 7.48. The minimum atomic E-state index is -3.37. The number of ketones is 1. The lowest BCUT2D eigenvalue weighted by Gasteiger charge is -2.32. The summed E-state index contributed by atoms with van der Waals surface area (Å²) in [5, 5.41) is 0.275. The summed E-state index contributed by atoms with van der Waals surface area (Å²) in [4.78, 5) is 14.9. The molecule has 1 aromatic carbocycles. The number of carbonyl (C=O) groups excluding carboxylic acids is 1. The highest BCUT2D eigenvalue weighted by atomic mass is 35.5. The van der Waals surface area contributed by atoms with E-state index in [4.69, 9.17) is 22.1 Å². The number of methoxy groups -OCH3 is 1. The lowest BCUT2D eigenvalue weighted by Crippen LogP contribution is -2.42. The summed E-state index contributed by atoms with van der Waals surface area (Å²) in [5.41, 5.74) is 6.63. The average molecular weight is 447 g/mol. The van der Waals surface area contributed by atoms with Crippen molar-refractivity contribution in [2.75, 3.05) is 53.1 Å². The highest BCUT2D eigenvalue weighted by Gasteiger charge is 2.22.